The zero-order chi connectivity index (χ0) is 12.5. The maximum atomic E-state index is 12.3. The van der Waals surface area contributed by atoms with E-state index in [1.165, 1.54) is 15.6 Å². The summed E-state index contributed by atoms with van der Waals surface area (Å²) in [7, 11) is 0.274. The Morgan fingerprint density at radius 1 is 1.47 bits per heavy atom. The molecular weight excluding hydrogens is 256 g/mol. The summed E-state index contributed by atoms with van der Waals surface area (Å²) in [5.41, 5.74) is 0. The summed E-state index contributed by atoms with van der Waals surface area (Å²) in [6.45, 7) is 0.716. The standard InChI is InChI=1S/C11H18N2O2S2/c1-12-8-10-6-7-11(16-10)17(14,15)13(2)9-4-3-5-9/h6-7,9,12H,3-5,8H2,1-2H3. The number of hydrogen-bond donors (Lipinski definition) is 1. The summed E-state index contributed by atoms with van der Waals surface area (Å²) in [6.07, 6.45) is 3.12. The molecule has 1 saturated carbocycles. The van der Waals surface area contributed by atoms with Gasteiger partial charge in [0.15, 0.2) is 0 Å². The number of thiophene rings is 1. The van der Waals surface area contributed by atoms with E-state index in [-0.39, 0.29) is 6.04 Å². The van der Waals surface area contributed by atoms with Crippen molar-refractivity contribution in [3.8, 4) is 0 Å². The third-order valence-electron chi connectivity index (χ3n) is 3.21. The van der Waals surface area contributed by atoms with Gasteiger partial charge in [0.2, 0.25) is 0 Å². The van der Waals surface area contributed by atoms with Crippen LogP contribution in [0.5, 0.6) is 0 Å². The van der Waals surface area contributed by atoms with Crippen molar-refractivity contribution in [2.24, 2.45) is 0 Å². The maximum Gasteiger partial charge on any atom is 0.252 e. The molecule has 0 radical (unpaired) electrons. The Balaban J connectivity index is 2.18. The molecule has 0 amide bonds. The summed E-state index contributed by atoms with van der Waals surface area (Å²) < 4.78 is 26.6. The summed E-state index contributed by atoms with van der Waals surface area (Å²) in [4.78, 5) is 1.05. The van der Waals surface area contributed by atoms with Crippen molar-refractivity contribution in [1.29, 1.82) is 0 Å². The third kappa shape index (κ3) is 2.54. The van der Waals surface area contributed by atoms with Crippen molar-refractivity contribution in [2.45, 2.75) is 36.1 Å². The molecule has 0 spiro atoms. The van der Waals surface area contributed by atoms with Gasteiger partial charge in [0, 0.05) is 24.5 Å². The van der Waals surface area contributed by atoms with E-state index in [9.17, 15) is 8.42 Å². The lowest BCUT2D eigenvalue weighted by molar-refractivity contribution is 0.250. The summed E-state index contributed by atoms with van der Waals surface area (Å²) in [5.74, 6) is 0. The average molecular weight is 274 g/mol. The van der Waals surface area contributed by atoms with E-state index in [4.69, 9.17) is 0 Å². The quantitative estimate of drug-likeness (QED) is 0.888. The van der Waals surface area contributed by atoms with Crippen LogP contribution in [0.25, 0.3) is 0 Å². The Morgan fingerprint density at radius 2 is 2.18 bits per heavy atom. The van der Waals surface area contributed by atoms with Crippen LogP contribution in [-0.2, 0) is 16.6 Å². The molecule has 1 aromatic rings. The van der Waals surface area contributed by atoms with Crippen LogP contribution in [0, 0.1) is 0 Å². The predicted molar refractivity (Wildman–Crippen MR) is 69.7 cm³/mol. The fourth-order valence-electron chi connectivity index (χ4n) is 1.85. The minimum absolute atomic E-state index is 0.204. The van der Waals surface area contributed by atoms with E-state index in [2.05, 4.69) is 5.32 Å². The van der Waals surface area contributed by atoms with Crippen molar-refractivity contribution in [3.05, 3.63) is 17.0 Å². The van der Waals surface area contributed by atoms with Crippen LogP contribution in [-0.4, -0.2) is 32.9 Å². The Hall–Kier alpha value is -0.430. The number of rotatable bonds is 5. The highest BCUT2D eigenvalue weighted by Crippen LogP contribution is 2.31. The van der Waals surface area contributed by atoms with Crippen LogP contribution in [0.2, 0.25) is 0 Å². The van der Waals surface area contributed by atoms with Gasteiger partial charge in [-0.25, -0.2) is 8.42 Å². The number of sulfonamides is 1. The van der Waals surface area contributed by atoms with Crippen LogP contribution in [0.1, 0.15) is 24.1 Å². The van der Waals surface area contributed by atoms with E-state index in [1.54, 1.807) is 13.1 Å². The molecule has 1 aromatic heterocycles. The fourth-order valence-corrected chi connectivity index (χ4v) is 4.82. The molecule has 0 atom stereocenters. The molecule has 1 aliphatic rings. The van der Waals surface area contributed by atoms with Gasteiger partial charge in [-0.2, -0.15) is 4.31 Å². The smallest absolute Gasteiger partial charge is 0.252 e. The fraction of sp³-hybridized carbons (Fsp3) is 0.636. The van der Waals surface area contributed by atoms with E-state index in [0.717, 1.165) is 24.1 Å². The average Bonchev–Trinajstić information content (AvgIpc) is 2.64. The van der Waals surface area contributed by atoms with Gasteiger partial charge in [-0.05, 0) is 32.0 Å². The molecule has 1 fully saturated rings. The molecule has 1 heterocycles. The normalized spacial score (nSPS) is 17.4. The van der Waals surface area contributed by atoms with Crippen molar-refractivity contribution in [3.63, 3.8) is 0 Å². The van der Waals surface area contributed by atoms with Crippen LogP contribution in [0.15, 0.2) is 16.3 Å². The van der Waals surface area contributed by atoms with Gasteiger partial charge in [0.25, 0.3) is 10.0 Å². The second-order valence-corrected chi connectivity index (χ2v) is 7.75. The van der Waals surface area contributed by atoms with Gasteiger partial charge in [-0.15, -0.1) is 11.3 Å². The molecule has 2 rings (SSSR count). The summed E-state index contributed by atoms with van der Waals surface area (Å²) >= 11 is 1.35. The minimum atomic E-state index is -3.27. The molecule has 1 aliphatic carbocycles. The first-order chi connectivity index (χ1) is 8.05. The molecule has 0 bridgehead atoms. The first kappa shape index (κ1) is 13.0. The van der Waals surface area contributed by atoms with Gasteiger partial charge in [0.1, 0.15) is 4.21 Å². The molecule has 4 nitrogen and oxygen atoms in total. The van der Waals surface area contributed by atoms with Crippen LogP contribution in [0.4, 0.5) is 0 Å². The predicted octanol–water partition coefficient (Wildman–Crippen LogP) is 1.64. The molecule has 0 unspecified atom stereocenters. The molecule has 96 valence electrons. The Labute approximate surface area is 107 Å². The van der Waals surface area contributed by atoms with E-state index in [0.29, 0.717) is 10.8 Å². The summed E-state index contributed by atoms with van der Waals surface area (Å²) in [6, 6.07) is 3.79. The van der Waals surface area contributed by atoms with Gasteiger partial charge in [-0.1, -0.05) is 6.42 Å². The number of hydrogen-bond acceptors (Lipinski definition) is 4. The highest BCUT2D eigenvalue weighted by molar-refractivity contribution is 7.91. The first-order valence-corrected chi connectivity index (χ1v) is 8.02. The SMILES string of the molecule is CNCc1ccc(S(=O)(=O)N(C)C2CCC2)s1. The third-order valence-corrected chi connectivity index (χ3v) is 6.67. The Morgan fingerprint density at radius 3 is 2.71 bits per heavy atom. The van der Waals surface area contributed by atoms with E-state index < -0.39 is 10.0 Å². The molecule has 0 saturated heterocycles. The molecule has 6 heteroatoms. The van der Waals surface area contributed by atoms with Gasteiger partial charge in [-0.3, -0.25) is 0 Å². The number of nitrogens with one attached hydrogen (secondary N) is 1. The molecule has 1 N–H and O–H groups in total. The lowest BCUT2D eigenvalue weighted by Gasteiger charge is -2.33. The highest BCUT2D eigenvalue weighted by Gasteiger charge is 2.32. The molecule has 0 aromatic carbocycles. The van der Waals surface area contributed by atoms with Crippen molar-refractivity contribution >= 4 is 21.4 Å². The lowest BCUT2D eigenvalue weighted by atomic mass is 9.94. The zero-order valence-corrected chi connectivity index (χ0v) is 11.8. The topological polar surface area (TPSA) is 49.4 Å². The van der Waals surface area contributed by atoms with Crippen LogP contribution in [0.3, 0.4) is 0 Å². The summed E-state index contributed by atoms with van der Waals surface area (Å²) in [5, 5.41) is 3.03. The molecule has 17 heavy (non-hydrogen) atoms. The molecular formula is C11H18N2O2S2. The minimum Gasteiger partial charge on any atom is -0.315 e. The van der Waals surface area contributed by atoms with Gasteiger partial charge < -0.3 is 5.32 Å². The largest absolute Gasteiger partial charge is 0.315 e. The monoisotopic (exact) mass is 274 g/mol. The maximum absolute atomic E-state index is 12.3. The second-order valence-electron chi connectivity index (χ2n) is 4.36. The van der Waals surface area contributed by atoms with Crippen molar-refractivity contribution in [2.75, 3.05) is 14.1 Å². The molecule has 0 aliphatic heterocycles. The van der Waals surface area contributed by atoms with Gasteiger partial charge in [0.05, 0.1) is 0 Å². The van der Waals surface area contributed by atoms with Crippen molar-refractivity contribution in [1.82, 2.24) is 9.62 Å². The van der Waals surface area contributed by atoms with Crippen molar-refractivity contribution < 1.29 is 8.42 Å². The lowest BCUT2D eigenvalue weighted by Crippen LogP contribution is -2.40. The number of nitrogens with zero attached hydrogens (tertiary/aromatic N) is 1. The van der Waals surface area contributed by atoms with Gasteiger partial charge >= 0.3 is 0 Å². The van der Waals surface area contributed by atoms with E-state index in [1.807, 2.05) is 13.1 Å². The first-order valence-electron chi connectivity index (χ1n) is 5.77. The van der Waals surface area contributed by atoms with Crippen LogP contribution >= 0.6 is 11.3 Å². The zero-order valence-electron chi connectivity index (χ0n) is 10.1. The Kier molecular flexibility index (Phi) is 3.87. The van der Waals surface area contributed by atoms with Crippen LogP contribution < -0.4 is 5.32 Å². The van der Waals surface area contributed by atoms with E-state index >= 15 is 0 Å². The second kappa shape index (κ2) is 5.06. The Bertz CT molecular complexity index is 477. The highest BCUT2D eigenvalue weighted by atomic mass is 32.2.